The summed E-state index contributed by atoms with van der Waals surface area (Å²) in [7, 11) is -7.77. The van der Waals surface area contributed by atoms with E-state index < -0.39 is 20.0 Å². The molecule has 38 heavy (non-hydrogen) atoms. The lowest BCUT2D eigenvalue weighted by molar-refractivity contribution is 0.260. The molecule has 0 spiro atoms. The highest BCUT2D eigenvalue weighted by atomic mass is 32.3. The van der Waals surface area contributed by atoms with E-state index in [9.17, 15) is 16.8 Å². The quantitative estimate of drug-likeness (QED) is 0.246. The molecule has 12 heteroatoms. The zero-order chi connectivity index (χ0) is 26.6. The Morgan fingerprint density at radius 3 is 1.24 bits per heavy atom. The molecule has 0 saturated carbocycles. The maximum absolute atomic E-state index is 13.0. The Balaban J connectivity index is 1.46. The van der Waals surface area contributed by atoms with Crippen LogP contribution in [0.3, 0.4) is 0 Å². The second kappa shape index (κ2) is 11.2. The molecule has 1 fully saturated rings. The van der Waals surface area contributed by atoms with Crippen LogP contribution in [0.1, 0.15) is 11.1 Å². The molecule has 0 radical (unpaired) electrons. The zero-order valence-corrected chi connectivity index (χ0v) is 23.4. The van der Waals surface area contributed by atoms with Crippen molar-refractivity contribution in [2.75, 3.05) is 26.2 Å². The summed E-state index contributed by atoms with van der Waals surface area (Å²) < 4.78 is 61.1. The number of hydrogen-bond donors (Lipinski definition) is 0. The van der Waals surface area contributed by atoms with E-state index in [1.807, 2.05) is 70.5 Å². The number of benzene rings is 2. The largest absolute Gasteiger partial charge is 0.352 e. The first kappa shape index (κ1) is 26.3. The molecule has 196 valence electrons. The summed E-state index contributed by atoms with van der Waals surface area (Å²) in [4.78, 5) is 3.85. The highest BCUT2D eigenvalue weighted by molar-refractivity contribution is 7.92. The standard InChI is InChI=1S/C26H24N4O4S4/c31-37(32,23-13-7-19-35-23)27-25(21-9-3-1-4-10-21)29-15-17-30(18-16-29)26(22-11-5-2-6-12-22)28-38(33,34)24-14-8-20-36-24/h1-14,19-20H,15-18H2/b27-25+,28-26+. The van der Waals surface area contributed by atoms with E-state index in [2.05, 4.69) is 8.80 Å². The van der Waals surface area contributed by atoms with E-state index in [-0.39, 0.29) is 8.42 Å². The summed E-state index contributed by atoms with van der Waals surface area (Å²) in [5.41, 5.74) is 1.39. The molecule has 4 aromatic rings. The van der Waals surface area contributed by atoms with Gasteiger partial charge in [0.2, 0.25) is 0 Å². The Morgan fingerprint density at radius 2 is 0.921 bits per heavy atom. The lowest BCUT2D eigenvalue weighted by Crippen LogP contribution is -2.51. The Morgan fingerprint density at radius 1 is 0.553 bits per heavy atom. The van der Waals surface area contributed by atoms with Gasteiger partial charge in [0.15, 0.2) is 0 Å². The Hall–Kier alpha value is -3.32. The predicted octanol–water partition coefficient (Wildman–Crippen LogP) is 4.40. The van der Waals surface area contributed by atoms with Crippen LogP contribution in [0.15, 0.2) is 113 Å². The van der Waals surface area contributed by atoms with Crippen LogP contribution >= 0.6 is 22.7 Å². The van der Waals surface area contributed by atoms with E-state index in [4.69, 9.17) is 0 Å². The number of thiophene rings is 2. The van der Waals surface area contributed by atoms with Crippen molar-refractivity contribution in [3.05, 3.63) is 107 Å². The minimum atomic E-state index is -3.89. The third kappa shape index (κ3) is 5.88. The van der Waals surface area contributed by atoms with Gasteiger partial charge in [-0.2, -0.15) is 16.8 Å². The summed E-state index contributed by atoms with van der Waals surface area (Å²) >= 11 is 2.25. The molecular formula is C26H24N4O4S4. The van der Waals surface area contributed by atoms with Crippen LogP contribution in [0.4, 0.5) is 0 Å². The van der Waals surface area contributed by atoms with Crippen LogP contribution in [0.25, 0.3) is 0 Å². The van der Waals surface area contributed by atoms with Gasteiger partial charge in [-0.05, 0) is 22.9 Å². The molecule has 0 N–H and O–H groups in total. The molecule has 0 amide bonds. The predicted molar refractivity (Wildman–Crippen MR) is 152 cm³/mol. The smallest absolute Gasteiger partial charge is 0.293 e. The van der Waals surface area contributed by atoms with Crippen molar-refractivity contribution < 1.29 is 16.8 Å². The monoisotopic (exact) mass is 584 g/mol. The summed E-state index contributed by atoms with van der Waals surface area (Å²) in [6, 6.07) is 24.9. The summed E-state index contributed by atoms with van der Waals surface area (Å²) in [5, 5.41) is 3.41. The van der Waals surface area contributed by atoms with Crippen LogP contribution in [-0.2, 0) is 20.0 Å². The van der Waals surface area contributed by atoms with Gasteiger partial charge in [-0.25, -0.2) is 0 Å². The minimum Gasteiger partial charge on any atom is -0.352 e. The van der Waals surface area contributed by atoms with Gasteiger partial charge in [0.05, 0.1) is 0 Å². The average Bonchev–Trinajstić information content (AvgIpc) is 3.68. The van der Waals surface area contributed by atoms with E-state index in [1.165, 1.54) is 0 Å². The highest BCUT2D eigenvalue weighted by Crippen LogP contribution is 2.23. The first-order valence-corrected chi connectivity index (χ1v) is 16.4. The molecule has 3 heterocycles. The zero-order valence-electron chi connectivity index (χ0n) is 20.1. The number of hydrogen-bond acceptors (Lipinski definition) is 6. The van der Waals surface area contributed by atoms with E-state index >= 15 is 0 Å². The first-order chi connectivity index (χ1) is 18.3. The molecule has 1 saturated heterocycles. The van der Waals surface area contributed by atoms with Crippen molar-refractivity contribution >= 4 is 54.4 Å². The number of piperazine rings is 1. The Bertz CT molecular complexity index is 1500. The second-order valence-electron chi connectivity index (χ2n) is 8.35. The van der Waals surface area contributed by atoms with E-state index in [0.29, 0.717) is 49.0 Å². The first-order valence-electron chi connectivity index (χ1n) is 11.7. The average molecular weight is 585 g/mol. The van der Waals surface area contributed by atoms with Gasteiger partial charge in [0.1, 0.15) is 20.1 Å². The van der Waals surface area contributed by atoms with Gasteiger partial charge in [-0.1, -0.05) is 72.8 Å². The summed E-state index contributed by atoms with van der Waals surface area (Å²) in [6.45, 7) is 1.72. The van der Waals surface area contributed by atoms with Crippen LogP contribution in [-0.4, -0.2) is 64.5 Å². The van der Waals surface area contributed by atoms with E-state index in [0.717, 1.165) is 22.7 Å². The van der Waals surface area contributed by atoms with Crippen LogP contribution in [0.5, 0.6) is 0 Å². The Labute approximate surface area is 230 Å². The highest BCUT2D eigenvalue weighted by Gasteiger charge is 2.28. The van der Waals surface area contributed by atoms with Crippen molar-refractivity contribution in [3.63, 3.8) is 0 Å². The second-order valence-corrected chi connectivity index (χ2v) is 13.9. The van der Waals surface area contributed by atoms with Gasteiger partial charge >= 0.3 is 0 Å². The maximum Gasteiger partial charge on any atom is 0.293 e. The molecule has 0 aliphatic carbocycles. The van der Waals surface area contributed by atoms with Gasteiger partial charge in [-0.15, -0.1) is 31.5 Å². The molecule has 8 nitrogen and oxygen atoms in total. The SMILES string of the molecule is O=S(=O)(/N=C(\c1ccccc1)N1CCN(/C(=N/S(=O)(=O)c2cccs2)c2ccccc2)CC1)c1cccs1. The number of amidine groups is 2. The third-order valence-corrected chi connectivity index (χ3v) is 11.1. The minimum absolute atomic E-state index is 0.182. The van der Waals surface area contributed by atoms with Gasteiger partial charge in [0, 0.05) is 37.3 Å². The van der Waals surface area contributed by atoms with Crippen molar-refractivity contribution in [2.24, 2.45) is 8.80 Å². The molecule has 0 unspecified atom stereocenters. The molecule has 2 aromatic carbocycles. The van der Waals surface area contributed by atoms with Crippen molar-refractivity contribution in [1.82, 2.24) is 9.80 Å². The van der Waals surface area contributed by atoms with Gasteiger partial charge < -0.3 is 9.80 Å². The van der Waals surface area contributed by atoms with Gasteiger partial charge in [0.25, 0.3) is 20.0 Å². The molecule has 2 aromatic heterocycles. The van der Waals surface area contributed by atoms with Crippen LogP contribution in [0, 0.1) is 0 Å². The normalized spacial score (nSPS) is 15.6. The van der Waals surface area contributed by atoms with Crippen LogP contribution < -0.4 is 0 Å². The summed E-state index contributed by atoms with van der Waals surface area (Å²) in [5.74, 6) is 0.728. The number of sulfonamides is 2. The fraction of sp³-hybridized carbons (Fsp3) is 0.154. The van der Waals surface area contributed by atoms with Crippen molar-refractivity contribution in [1.29, 1.82) is 0 Å². The van der Waals surface area contributed by atoms with Crippen LogP contribution in [0.2, 0.25) is 0 Å². The van der Waals surface area contributed by atoms with Crippen molar-refractivity contribution in [2.45, 2.75) is 8.42 Å². The fourth-order valence-corrected chi connectivity index (χ4v) is 8.03. The molecule has 1 aliphatic rings. The lowest BCUT2D eigenvalue weighted by Gasteiger charge is -2.38. The molecular weight excluding hydrogens is 561 g/mol. The molecule has 0 atom stereocenters. The van der Waals surface area contributed by atoms with Crippen molar-refractivity contribution in [3.8, 4) is 0 Å². The lowest BCUT2D eigenvalue weighted by atomic mass is 10.1. The number of rotatable bonds is 6. The Kier molecular flexibility index (Phi) is 7.75. The molecule has 5 rings (SSSR count). The topological polar surface area (TPSA) is 99.5 Å². The van der Waals surface area contributed by atoms with E-state index in [1.54, 1.807) is 35.0 Å². The summed E-state index contributed by atoms with van der Waals surface area (Å²) in [6.07, 6.45) is 0. The molecule has 1 aliphatic heterocycles. The molecule has 0 bridgehead atoms. The van der Waals surface area contributed by atoms with Gasteiger partial charge in [-0.3, -0.25) is 0 Å². The fourth-order valence-electron chi connectivity index (χ4n) is 4.03. The third-order valence-electron chi connectivity index (χ3n) is 5.85. The number of nitrogens with zero attached hydrogens (tertiary/aromatic N) is 4. The maximum atomic E-state index is 13.0.